The zero-order valence-electron chi connectivity index (χ0n) is 8.70. The van der Waals surface area contributed by atoms with E-state index < -0.39 is 0 Å². The van der Waals surface area contributed by atoms with Crippen LogP contribution in [0.2, 0.25) is 0 Å². The molecule has 78 valence electrons. The molecule has 0 fully saturated rings. The van der Waals surface area contributed by atoms with E-state index in [0.717, 1.165) is 21.9 Å². The lowest BCUT2D eigenvalue weighted by Crippen LogP contribution is -2.03. The predicted molar refractivity (Wildman–Crippen MR) is 64.8 cm³/mol. The van der Waals surface area contributed by atoms with E-state index in [1.165, 1.54) is 0 Å². The average Bonchev–Trinajstić information content (AvgIpc) is 2.59. The van der Waals surface area contributed by atoms with Gasteiger partial charge >= 0.3 is 0 Å². The maximum atomic E-state index is 11.2. The molecule has 3 nitrogen and oxygen atoms in total. The van der Waals surface area contributed by atoms with Crippen molar-refractivity contribution in [3.05, 3.63) is 29.3 Å². The highest BCUT2D eigenvalue weighted by atomic mass is 32.2. The van der Waals surface area contributed by atoms with E-state index in [9.17, 15) is 4.79 Å². The third kappa shape index (κ3) is 1.90. The van der Waals surface area contributed by atoms with Crippen LogP contribution in [0.5, 0.6) is 0 Å². The van der Waals surface area contributed by atoms with Crippen LogP contribution in [0.3, 0.4) is 0 Å². The number of nitrogens with one attached hydrogen (secondary N) is 1. The van der Waals surface area contributed by atoms with Crippen LogP contribution in [0.1, 0.15) is 11.1 Å². The molecule has 0 unspecified atom stereocenters. The number of nitrogens with zero attached hydrogens (tertiary/aromatic N) is 1. The normalized spacial score (nSPS) is 15.1. The predicted octanol–water partition coefficient (Wildman–Crippen LogP) is 1.92. The van der Waals surface area contributed by atoms with E-state index in [1.54, 1.807) is 18.8 Å². The van der Waals surface area contributed by atoms with Crippen molar-refractivity contribution in [3.63, 3.8) is 0 Å². The third-order valence-electron chi connectivity index (χ3n) is 2.37. The number of aliphatic imine (C=N–C) groups is 1. The molecule has 1 heterocycles. The number of carbonyl (C=O) groups excluding carboxylic acids is 1. The first-order valence-corrected chi connectivity index (χ1v) is 5.91. The number of amides is 1. The number of rotatable bonds is 1. The molecule has 0 radical (unpaired) electrons. The smallest absolute Gasteiger partial charge is 0.228 e. The highest BCUT2D eigenvalue weighted by Gasteiger charge is 2.18. The molecule has 0 aliphatic carbocycles. The Labute approximate surface area is 93.0 Å². The van der Waals surface area contributed by atoms with E-state index in [1.807, 2.05) is 24.5 Å². The van der Waals surface area contributed by atoms with Crippen molar-refractivity contribution >= 4 is 28.4 Å². The Kier molecular flexibility index (Phi) is 2.77. The van der Waals surface area contributed by atoms with Gasteiger partial charge < -0.3 is 5.32 Å². The number of hydrogen-bond donors (Lipinski definition) is 1. The molecular formula is C11H12N2OS. The van der Waals surface area contributed by atoms with Gasteiger partial charge in [-0.1, -0.05) is 6.07 Å². The van der Waals surface area contributed by atoms with Crippen LogP contribution in [0.15, 0.2) is 23.2 Å². The summed E-state index contributed by atoms with van der Waals surface area (Å²) in [5.41, 5.74) is 3.08. The molecule has 1 aromatic carbocycles. The number of anilines is 1. The van der Waals surface area contributed by atoms with Gasteiger partial charge in [0.05, 0.1) is 11.5 Å². The summed E-state index contributed by atoms with van der Waals surface area (Å²) in [4.78, 5) is 15.4. The van der Waals surface area contributed by atoms with Gasteiger partial charge in [0.25, 0.3) is 0 Å². The Balaban J connectivity index is 2.39. The average molecular weight is 220 g/mol. The van der Waals surface area contributed by atoms with E-state index in [0.29, 0.717) is 6.42 Å². The number of fused-ring (bicyclic) bond motifs is 1. The molecule has 4 heteroatoms. The Hall–Kier alpha value is -1.29. The van der Waals surface area contributed by atoms with Gasteiger partial charge in [-0.25, -0.2) is 0 Å². The molecule has 1 amide bonds. The molecule has 0 aromatic heterocycles. The topological polar surface area (TPSA) is 41.5 Å². The van der Waals surface area contributed by atoms with Gasteiger partial charge in [-0.3, -0.25) is 9.79 Å². The number of carbonyl (C=O) groups is 1. The number of hydrogen-bond acceptors (Lipinski definition) is 3. The van der Waals surface area contributed by atoms with Gasteiger partial charge in [-0.05, 0) is 24.0 Å². The van der Waals surface area contributed by atoms with E-state index >= 15 is 0 Å². The first-order chi connectivity index (χ1) is 7.24. The molecule has 1 aliphatic rings. The van der Waals surface area contributed by atoms with Crippen LogP contribution in [-0.2, 0) is 11.2 Å². The van der Waals surface area contributed by atoms with Crippen molar-refractivity contribution in [1.82, 2.24) is 0 Å². The summed E-state index contributed by atoms with van der Waals surface area (Å²) in [5.74, 6) is 0.0706. The second kappa shape index (κ2) is 4.06. The molecule has 15 heavy (non-hydrogen) atoms. The molecule has 1 N–H and O–H groups in total. The molecule has 2 rings (SSSR count). The SMILES string of the molecule is CN=C(SC)c1ccc2c(c1)CC(=O)N2. The fraction of sp³-hybridized carbons (Fsp3) is 0.273. The second-order valence-corrected chi connectivity index (χ2v) is 4.12. The molecule has 0 spiro atoms. The lowest BCUT2D eigenvalue weighted by Gasteiger charge is -2.04. The highest BCUT2D eigenvalue weighted by Crippen LogP contribution is 2.25. The summed E-state index contributed by atoms with van der Waals surface area (Å²) >= 11 is 1.61. The molecule has 0 bridgehead atoms. The summed E-state index contributed by atoms with van der Waals surface area (Å²) in [5, 5.41) is 3.81. The standard InChI is InChI=1S/C11H12N2OS/c1-12-11(15-2)7-3-4-9-8(5-7)6-10(14)13-9/h3-5H,6H2,1-2H3,(H,13,14). The van der Waals surface area contributed by atoms with Gasteiger partial charge in [-0.15, -0.1) is 11.8 Å². The zero-order chi connectivity index (χ0) is 10.8. The number of benzene rings is 1. The Morgan fingerprint density at radius 2 is 2.33 bits per heavy atom. The van der Waals surface area contributed by atoms with Crippen LogP contribution in [-0.4, -0.2) is 24.3 Å². The van der Waals surface area contributed by atoms with Gasteiger partial charge in [0.2, 0.25) is 5.91 Å². The summed E-state index contributed by atoms with van der Waals surface area (Å²) in [6.45, 7) is 0. The van der Waals surface area contributed by atoms with E-state index in [2.05, 4.69) is 10.3 Å². The summed E-state index contributed by atoms with van der Waals surface area (Å²) in [6.07, 6.45) is 2.48. The maximum Gasteiger partial charge on any atom is 0.228 e. The Morgan fingerprint density at radius 3 is 3.00 bits per heavy atom. The Bertz CT molecular complexity index is 440. The molecule has 0 saturated carbocycles. The molecule has 0 atom stereocenters. The van der Waals surface area contributed by atoms with Gasteiger partial charge in [-0.2, -0.15) is 0 Å². The largest absolute Gasteiger partial charge is 0.326 e. The molecular weight excluding hydrogens is 208 g/mol. The summed E-state index contributed by atoms with van der Waals surface area (Å²) in [7, 11) is 1.78. The first kappa shape index (κ1) is 10.2. The van der Waals surface area contributed by atoms with Crippen molar-refractivity contribution in [2.75, 3.05) is 18.6 Å². The zero-order valence-corrected chi connectivity index (χ0v) is 9.52. The van der Waals surface area contributed by atoms with Crippen LogP contribution in [0.4, 0.5) is 5.69 Å². The lowest BCUT2D eigenvalue weighted by molar-refractivity contribution is -0.115. The van der Waals surface area contributed by atoms with Crippen molar-refractivity contribution in [2.24, 2.45) is 4.99 Å². The monoisotopic (exact) mass is 220 g/mol. The van der Waals surface area contributed by atoms with Crippen LogP contribution in [0.25, 0.3) is 0 Å². The molecule has 1 aliphatic heterocycles. The van der Waals surface area contributed by atoms with E-state index in [-0.39, 0.29) is 5.91 Å². The minimum atomic E-state index is 0.0706. The summed E-state index contributed by atoms with van der Waals surface area (Å²) < 4.78 is 0. The first-order valence-electron chi connectivity index (χ1n) is 4.68. The van der Waals surface area contributed by atoms with Gasteiger partial charge in [0.15, 0.2) is 0 Å². The van der Waals surface area contributed by atoms with Crippen molar-refractivity contribution in [1.29, 1.82) is 0 Å². The number of thioether (sulfide) groups is 1. The minimum Gasteiger partial charge on any atom is -0.326 e. The Morgan fingerprint density at radius 1 is 1.53 bits per heavy atom. The van der Waals surface area contributed by atoms with Gasteiger partial charge in [0.1, 0.15) is 0 Å². The van der Waals surface area contributed by atoms with E-state index in [4.69, 9.17) is 0 Å². The lowest BCUT2D eigenvalue weighted by atomic mass is 10.1. The van der Waals surface area contributed by atoms with Crippen LogP contribution < -0.4 is 5.32 Å². The minimum absolute atomic E-state index is 0.0706. The van der Waals surface area contributed by atoms with Crippen LogP contribution >= 0.6 is 11.8 Å². The van der Waals surface area contributed by atoms with Gasteiger partial charge in [0, 0.05) is 18.3 Å². The van der Waals surface area contributed by atoms with Crippen molar-refractivity contribution in [3.8, 4) is 0 Å². The fourth-order valence-corrected chi connectivity index (χ4v) is 2.25. The third-order valence-corrected chi connectivity index (χ3v) is 3.18. The summed E-state index contributed by atoms with van der Waals surface area (Å²) in [6, 6.07) is 5.96. The highest BCUT2D eigenvalue weighted by molar-refractivity contribution is 8.13. The molecule has 1 aromatic rings. The van der Waals surface area contributed by atoms with Crippen LogP contribution in [0, 0.1) is 0 Å². The maximum absolute atomic E-state index is 11.2. The quantitative estimate of drug-likeness (QED) is 0.580. The fourth-order valence-electron chi connectivity index (χ4n) is 1.70. The van der Waals surface area contributed by atoms with Crippen molar-refractivity contribution < 1.29 is 4.79 Å². The van der Waals surface area contributed by atoms with Crippen molar-refractivity contribution in [2.45, 2.75) is 6.42 Å². The molecule has 0 saturated heterocycles. The second-order valence-electron chi connectivity index (χ2n) is 3.33.